The highest BCUT2D eigenvalue weighted by Gasteiger charge is 1.99. The van der Waals surface area contributed by atoms with Gasteiger partial charge in [0.2, 0.25) is 0 Å². The molecule has 1 aromatic carbocycles. The minimum Gasteiger partial charge on any atom is -0.384 e. The Labute approximate surface area is 114 Å². The molecule has 3 N–H and O–H groups in total. The number of nitrogens with one attached hydrogen (secondary N) is 1. The van der Waals surface area contributed by atoms with Crippen LogP contribution in [0.15, 0.2) is 48.8 Å². The molecule has 2 aromatic rings. The third-order valence-corrected chi connectivity index (χ3v) is 3.14. The van der Waals surface area contributed by atoms with Crippen molar-refractivity contribution in [2.45, 2.75) is 25.7 Å². The third kappa shape index (κ3) is 4.21. The highest BCUT2D eigenvalue weighted by Crippen LogP contribution is 2.10. The first-order chi connectivity index (χ1) is 9.25. The molecule has 0 amide bonds. The summed E-state index contributed by atoms with van der Waals surface area (Å²) in [6.45, 7) is 0. The Morgan fingerprint density at radius 2 is 1.79 bits per heavy atom. The summed E-state index contributed by atoms with van der Waals surface area (Å²) < 4.78 is 0. The molecule has 0 aliphatic heterocycles. The zero-order valence-corrected chi connectivity index (χ0v) is 11.0. The van der Waals surface area contributed by atoms with E-state index in [4.69, 9.17) is 11.1 Å². The molecule has 3 heteroatoms. The number of amidine groups is 1. The molecule has 1 heterocycles. The maximum Gasteiger partial charge on any atom is 0.122 e. The molecule has 19 heavy (non-hydrogen) atoms. The van der Waals surface area contributed by atoms with Crippen LogP contribution in [-0.4, -0.2) is 10.8 Å². The average molecular weight is 253 g/mol. The maximum absolute atomic E-state index is 7.43. The van der Waals surface area contributed by atoms with E-state index in [9.17, 15) is 0 Å². The fraction of sp³-hybridized carbons (Fsp3) is 0.250. The monoisotopic (exact) mass is 253 g/mol. The number of hydrogen-bond donors (Lipinski definition) is 2. The van der Waals surface area contributed by atoms with Gasteiger partial charge in [-0.25, -0.2) is 0 Å². The molecule has 2 rings (SSSR count). The Bertz CT molecular complexity index is 535. The van der Waals surface area contributed by atoms with Crippen molar-refractivity contribution >= 4 is 5.84 Å². The molecule has 98 valence electrons. The predicted octanol–water partition coefficient (Wildman–Crippen LogP) is 2.93. The van der Waals surface area contributed by atoms with Gasteiger partial charge in [-0.3, -0.25) is 10.4 Å². The van der Waals surface area contributed by atoms with Crippen LogP contribution in [0.5, 0.6) is 0 Å². The van der Waals surface area contributed by atoms with Gasteiger partial charge in [0.15, 0.2) is 0 Å². The van der Waals surface area contributed by atoms with Crippen LogP contribution in [-0.2, 0) is 12.8 Å². The summed E-state index contributed by atoms with van der Waals surface area (Å²) >= 11 is 0. The second kappa shape index (κ2) is 6.69. The number of unbranched alkanes of at least 4 members (excludes halogenated alkanes) is 1. The summed E-state index contributed by atoms with van der Waals surface area (Å²) in [6.07, 6.45) is 8.11. The lowest BCUT2D eigenvalue weighted by Crippen LogP contribution is -2.11. The van der Waals surface area contributed by atoms with E-state index < -0.39 is 0 Å². The van der Waals surface area contributed by atoms with Crippen molar-refractivity contribution in [2.24, 2.45) is 5.73 Å². The van der Waals surface area contributed by atoms with Gasteiger partial charge in [0.1, 0.15) is 5.84 Å². The van der Waals surface area contributed by atoms with Crippen molar-refractivity contribution in [2.75, 3.05) is 0 Å². The Kier molecular flexibility index (Phi) is 4.67. The van der Waals surface area contributed by atoms with E-state index in [1.165, 1.54) is 11.1 Å². The van der Waals surface area contributed by atoms with Crippen LogP contribution in [0.25, 0.3) is 0 Å². The van der Waals surface area contributed by atoms with Crippen molar-refractivity contribution in [1.29, 1.82) is 5.41 Å². The molecule has 0 unspecified atom stereocenters. The number of nitrogens with zero attached hydrogens (tertiary/aromatic N) is 1. The minimum absolute atomic E-state index is 0.136. The van der Waals surface area contributed by atoms with Crippen molar-refractivity contribution in [1.82, 2.24) is 4.98 Å². The predicted molar refractivity (Wildman–Crippen MR) is 78.3 cm³/mol. The van der Waals surface area contributed by atoms with Crippen LogP contribution < -0.4 is 5.73 Å². The molecule has 0 saturated heterocycles. The van der Waals surface area contributed by atoms with E-state index in [-0.39, 0.29) is 5.84 Å². The summed E-state index contributed by atoms with van der Waals surface area (Å²) in [7, 11) is 0. The normalized spacial score (nSPS) is 10.3. The highest BCUT2D eigenvalue weighted by atomic mass is 14.7. The fourth-order valence-electron chi connectivity index (χ4n) is 2.10. The first-order valence-corrected chi connectivity index (χ1v) is 6.58. The lowest BCUT2D eigenvalue weighted by atomic mass is 10.0. The molecule has 0 aliphatic carbocycles. The van der Waals surface area contributed by atoms with Crippen LogP contribution in [0.3, 0.4) is 0 Å². The maximum atomic E-state index is 7.43. The molecule has 0 saturated carbocycles. The van der Waals surface area contributed by atoms with Crippen LogP contribution in [0.1, 0.15) is 29.5 Å². The number of aromatic nitrogens is 1. The number of hydrogen-bond acceptors (Lipinski definition) is 2. The molecular formula is C16H19N3. The molecule has 0 aliphatic rings. The highest BCUT2D eigenvalue weighted by molar-refractivity contribution is 5.95. The molecule has 0 fully saturated rings. The molecule has 0 bridgehead atoms. The number of nitrogen functional groups attached to an aromatic ring is 1. The van der Waals surface area contributed by atoms with Gasteiger partial charge in [-0.15, -0.1) is 0 Å². The van der Waals surface area contributed by atoms with E-state index in [2.05, 4.69) is 17.1 Å². The van der Waals surface area contributed by atoms with Gasteiger partial charge in [0, 0.05) is 18.0 Å². The van der Waals surface area contributed by atoms with Crippen LogP contribution in [0.4, 0.5) is 0 Å². The first-order valence-electron chi connectivity index (χ1n) is 6.58. The number of aryl methyl sites for hydroxylation is 2. The van der Waals surface area contributed by atoms with Gasteiger partial charge < -0.3 is 5.73 Å². The summed E-state index contributed by atoms with van der Waals surface area (Å²) in [5, 5.41) is 7.43. The van der Waals surface area contributed by atoms with Gasteiger partial charge in [0.05, 0.1) is 0 Å². The number of rotatable bonds is 6. The van der Waals surface area contributed by atoms with Crippen molar-refractivity contribution in [3.05, 3.63) is 65.5 Å². The Morgan fingerprint density at radius 1 is 1.05 bits per heavy atom. The molecule has 3 nitrogen and oxygen atoms in total. The van der Waals surface area contributed by atoms with Crippen LogP contribution in [0.2, 0.25) is 0 Å². The van der Waals surface area contributed by atoms with E-state index in [1.54, 1.807) is 6.20 Å². The smallest absolute Gasteiger partial charge is 0.122 e. The van der Waals surface area contributed by atoms with Gasteiger partial charge in [-0.05, 0) is 48.9 Å². The van der Waals surface area contributed by atoms with E-state index in [1.807, 2.05) is 30.5 Å². The Morgan fingerprint density at radius 3 is 2.47 bits per heavy atom. The summed E-state index contributed by atoms with van der Waals surface area (Å²) in [6, 6.07) is 12.0. The quantitative estimate of drug-likeness (QED) is 0.472. The number of benzene rings is 1. The first kappa shape index (κ1) is 13.3. The van der Waals surface area contributed by atoms with E-state index in [0.717, 1.165) is 31.2 Å². The molecule has 1 aromatic heterocycles. The van der Waals surface area contributed by atoms with Gasteiger partial charge >= 0.3 is 0 Å². The minimum atomic E-state index is 0.136. The number of nitrogens with two attached hydrogens (primary N) is 1. The van der Waals surface area contributed by atoms with Gasteiger partial charge in [-0.1, -0.05) is 24.3 Å². The fourth-order valence-corrected chi connectivity index (χ4v) is 2.10. The summed E-state index contributed by atoms with van der Waals surface area (Å²) in [4.78, 5) is 4.12. The lowest BCUT2D eigenvalue weighted by Gasteiger charge is -2.04. The standard InChI is InChI=1S/C16H19N3/c17-16(18)15-9-3-7-13(11-15)5-1-2-6-14-8-4-10-19-12-14/h3-4,7-12H,1-2,5-6H2,(H3,17,18). The summed E-state index contributed by atoms with van der Waals surface area (Å²) in [5.41, 5.74) is 8.84. The van der Waals surface area contributed by atoms with Crippen LogP contribution in [0, 0.1) is 5.41 Å². The Hall–Kier alpha value is -2.16. The lowest BCUT2D eigenvalue weighted by molar-refractivity contribution is 0.732. The van der Waals surface area contributed by atoms with Gasteiger partial charge in [0.25, 0.3) is 0 Å². The van der Waals surface area contributed by atoms with E-state index in [0.29, 0.717) is 0 Å². The second-order valence-electron chi connectivity index (χ2n) is 4.68. The average Bonchev–Trinajstić information content (AvgIpc) is 2.45. The second-order valence-corrected chi connectivity index (χ2v) is 4.68. The topological polar surface area (TPSA) is 62.8 Å². The molecule has 0 spiro atoms. The largest absolute Gasteiger partial charge is 0.384 e. The van der Waals surface area contributed by atoms with Crippen LogP contribution >= 0.6 is 0 Å². The third-order valence-electron chi connectivity index (χ3n) is 3.14. The molecule has 0 radical (unpaired) electrons. The molecular weight excluding hydrogens is 234 g/mol. The van der Waals surface area contributed by atoms with Crippen molar-refractivity contribution in [3.8, 4) is 0 Å². The zero-order chi connectivity index (χ0) is 13.5. The Balaban J connectivity index is 1.80. The van der Waals surface area contributed by atoms with Crippen molar-refractivity contribution < 1.29 is 0 Å². The van der Waals surface area contributed by atoms with Gasteiger partial charge in [-0.2, -0.15) is 0 Å². The molecule has 0 atom stereocenters. The zero-order valence-electron chi connectivity index (χ0n) is 11.0. The SMILES string of the molecule is N=C(N)c1cccc(CCCCc2cccnc2)c1. The van der Waals surface area contributed by atoms with E-state index >= 15 is 0 Å². The van der Waals surface area contributed by atoms with Crippen molar-refractivity contribution in [3.63, 3.8) is 0 Å². The summed E-state index contributed by atoms with van der Waals surface area (Å²) in [5.74, 6) is 0.136. The number of pyridine rings is 1.